The molecule has 0 aromatic rings. The summed E-state index contributed by atoms with van der Waals surface area (Å²) in [4.78, 5) is 10.2. The van der Waals surface area contributed by atoms with Crippen LogP contribution in [-0.4, -0.2) is 178 Å². The Bertz CT molecular complexity index is 685. The first-order chi connectivity index (χ1) is 26.3. The van der Waals surface area contributed by atoms with Crippen molar-refractivity contribution in [1.29, 1.82) is 0 Å². The van der Waals surface area contributed by atoms with E-state index in [1.807, 2.05) is 0 Å². The maximum atomic E-state index is 10.2. The molecular formula is C38H75LiO15. The molecule has 0 aliphatic carbocycles. The van der Waals surface area contributed by atoms with Crippen molar-refractivity contribution in [3.63, 3.8) is 0 Å². The van der Waals surface area contributed by atoms with Gasteiger partial charge in [0.15, 0.2) is 0 Å². The molecule has 0 saturated carbocycles. The van der Waals surface area contributed by atoms with E-state index < -0.39 is 12.6 Å². The molecule has 0 radical (unpaired) electrons. The number of carbonyl (C=O) groups excluding carboxylic acids is 1. The fourth-order valence-corrected chi connectivity index (χ4v) is 4.49. The largest absolute Gasteiger partial charge is 1.00 e. The van der Waals surface area contributed by atoms with Crippen molar-refractivity contribution >= 4 is 5.97 Å². The van der Waals surface area contributed by atoms with E-state index in [-0.39, 0.29) is 25.5 Å². The van der Waals surface area contributed by atoms with Crippen molar-refractivity contribution in [2.24, 2.45) is 0 Å². The molecule has 0 aliphatic rings. The third-order valence-electron chi connectivity index (χ3n) is 7.33. The van der Waals surface area contributed by atoms with Gasteiger partial charge in [-0.2, -0.15) is 0 Å². The van der Waals surface area contributed by atoms with E-state index in [1.165, 1.54) is 57.8 Å². The normalized spacial score (nSPS) is 11.4. The van der Waals surface area contributed by atoms with Crippen molar-refractivity contribution < 1.29 is 90.3 Å². The molecule has 0 aromatic carbocycles. The van der Waals surface area contributed by atoms with Crippen molar-refractivity contribution in [2.45, 2.75) is 71.1 Å². The van der Waals surface area contributed by atoms with E-state index in [4.69, 9.17) is 61.6 Å². The van der Waals surface area contributed by atoms with E-state index >= 15 is 0 Å². The van der Waals surface area contributed by atoms with Crippen LogP contribution >= 0.6 is 0 Å². The van der Waals surface area contributed by atoms with E-state index in [0.717, 1.165) is 13.0 Å². The first-order valence-electron chi connectivity index (χ1n) is 20.0. The Morgan fingerprint density at radius 3 is 0.704 bits per heavy atom. The van der Waals surface area contributed by atoms with Crippen LogP contribution in [0.4, 0.5) is 0 Å². The van der Waals surface area contributed by atoms with Crippen LogP contribution < -0.4 is 24.0 Å². The molecule has 16 heteroatoms. The fourth-order valence-electron chi connectivity index (χ4n) is 4.49. The smallest absolute Gasteiger partial charge is 0.548 e. The molecule has 0 aliphatic heterocycles. The van der Waals surface area contributed by atoms with E-state index in [2.05, 4.69) is 6.92 Å². The SMILES string of the molecule is CCCCCCCCCCCCOCCOCCOCCOCCOCCOCCOCCOCCOCCOCCOCCOCCOCC(=O)[O-].[Li+]. The van der Waals surface area contributed by atoms with Gasteiger partial charge in [0.25, 0.3) is 0 Å². The van der Waals surface area contributed by atoms with Gasteiger partial charge in [-0.15, -0.1) is 0 Å². The van der Waals surface area contributed by atoms with E-state index in [9.17, 15) is 9.90 Å². The summed E-state index contributed by atoms with van der Waals surface area (Å²) < 4.78 is 70.4. The number of unbranched alkanes of at least 4 members (excludes halogenated alkanes) is 9. The molecule has 0 unspecified atom stereocenters. The molecule has 0 atom stereocenters. The Balaban J connectivity index is 0. The number of carboxylic acids is 1. The van der Waals surface area contributed by atoms with Gasteiger partial charge in [-0.05, 0) is 6.42 Å². The molecule has 0 spiro atoms. The van der Waals surface area contributed by atoms with Crippen LogP contribution in [0.5, 0.6) is 0 Å². The van der Waals surface area contributed by atoms with E-state index in [0.29, 0.717) is 152 Å². The van der Waals surface area contributed by atoms with Crippen LogP contribution in [0.15, 0.2) is 0 Å². The number of ether oxygens (including phenoxy) is 13. The number of aliphatic carboxylic acids is 1. The minimum atomic E-state index is -1.25. The monoisotopic (exact) mass is 779 g/mol. The number of carboxylic acid groups (broad SMARTS) is 1. The Morgan fingerprint density at radius 1 is 0.296 bits per heavy atom. The molecule has 0 N–H and O–H groups in total. The van der Waals surface area contributed by atoms with Crippen LogP contribution in [0.25, 0.3) is 0 Å². The van der Waals surface area contributed by atoms with Gasteiger partial charge in [0, 0.05) is 6.61 Å². The average molecular weight is 779 g/mol. The first kappa shape index (κ1) is 55.6. The van der Waals surface area contributed by atoms with Crippen LogP contribution in [0.3, 0.4) is 0 Å². The standard InChI is InChI=1S/C38H76O15.Li/c1-2-3-4-5-6-7-8-9-10-11-12-41-13-14-42-15-16-43-17-18-44-19-20-45-21-22-46-23-24-47-25-26-48-27-28-49-29-30-50-31-32-51-33-34-52-35-36-53-37-38(39)40;/h2-37H2,1H3,(H,39,40);/q;+1/p-1. The second-order valence-electron chi connectivity index (χ2n) is 12.0. The molecule has 0 bridgehead atoms. The maximum Gasteiger partial charge on any atom is 1.00 e. The molecule has 0 saturated heterocycles. The number of hydrogen-bond acceptors (Lipinski definition) is 15. The topological polar surface area (TPSA) is 160 Å². The fraction of sp³-hybridized carbons (Fsp3) is 0.974. The molecule has 54 heavy (non-hydrogen) atoms. The van der Waals surface area contributed by atoms with Crippen molar-refractivity contribution in [3.05, 3.63) is 0 Å². The molecule has 318 valence electrons. The number of hydrogen-bond donors (Lipinski definition) is 0. The molecule has 0 rings (SSSR count). The van der Waals surface area contributed by atoms with Crippen LogP contribution in [0.1, 0.15) is 71.1 Å². The van der Waals surface area contributed by atoms with Crippen molar-refractivity contribution in [3.8, 4) is 0 Å². The molecule has 0 heterocycles. The third kappa shape index (κ3) is 53.6. The van der Waals surface area contributed by atoms with Gasteiger partial charge in [0.1, 0.15) is 0 Å². The summed E-state index contributed by atoms with van der Waals surface area (Å²) in [6.07, 6.45) is 13.4. The minimum absolute atomic E-state index is 0. The second kappa shape index (κ2) is 52.5. The summed E-state index contributed by atoms with van der Waals surface area (Å²) in [7, 11) is 0. The summed E-state index contributed by atoms with van der Waals surface area (Å²) in [5, 5.41) is 10.2. The Hall–Kier alpha value is -0.453. The molecular weight excluding hydrogens is 703 g/mol. The van der Waals surface area contributed by atoms with Crippen LogP contribution in [0, 0.1) is 0 Å². The summed E-state index contributed by atoms with van der Waals surface area (Å²) in [5.74, 6) is -1.25. The molecule has 0 fully saturated rings. The Labute approximate surface area is 338 Å². The number of rotatable bonds is 49. The predicted molar refractivity (Wildman–Crippen MR) is 197 cm³/mol. The third-order valence-corrected chi connectivity index (χ3v) is 7.33. The van der Waals surface area contributed by atoms with Gasteiger partial charge in [-0.25, -0.2) is 0 Å². The summed E-state index contributed by atoms with van der Waals surface area (Å²) in [6, 6.07) is 0. The van der Waals surface area contributed by atoms with Gasteiger partial charge in [0.05, 0.1) is 171 Å². The van der Waals surface area contributed by atoms with Gasteiger partial charge in [0.2, 0.25) is 0 Å². The Morgan fingerprint density at radius 2 is 0.481 bits per heavy atom. The van der Waals surface area contributed by atoms with Crippen LogP contribution in [0.2, 0.25) is 0 Å². The molecule has 15 nitrogen and oxygen atoms in total. The zero-order valence-electron chi connectivity index (χ0n) is 34.1. The Kier molecular flexibility index (Phi) is 54.1. The van der Waals surface area contributed by atoms with Crippen LogP contribution in [-0.2, 0) is 66.4 Å². The minimum Gasteiger partial charge on any atom is -0.548 e. The number of carbonyl (C=O) groups is 1. The zero-order chi connectivity index (χ0) is 38.2. The van der Waals surface area contributed by atoms with E-state index in [1.54, 1.807) is 0 Å². The average Bonchev–Trinajstić information content (AvgIpc) is 3.15. The zero-order valence-corrected chi connectivity index (χ0v) is 34.1. The molecule has 0 amide bonds. The summed E-state index contributed by atoms with van der Waals surface area (Å²) in [5.41, 5.74) is 0. The quantitative estimate of drug-likeness (QED) is 0.0594. The van der Waals surface area contributed by atoms with Gasteiger partial charge < -0.3 is 71.5 Å². The second-order valence-corrected chi connectivity index (χ2v) is 12.0. The summed E-state index contributed by atoms with van der Waals surface area (Å²) in [6.45, 7) is 14.3. The summed E-state index contributed by atoms with van der Waals surface area (Å²) >= 11 is 0. The maximum absolute atomic E-state index is 10.2. The van der Waals surface area contributed by atoms with Gasteiger partial charge >= 0.3 is 18.9 Å². The van der Waals surface area contributed by atoms with Crippen molar-refractivity contribution in [1.82, 2.24) is 0 Å². The van der Waals surface area contributed by atoms with Crippen molar-refractivity contribution in [2.75, 3.05) is 172 Å². The molecule has 0 aromatic heterocycles. The van der Waals surface area contributed by atoms with Gasteiger partial charge in [-0.1, -0.05) is 64.7 Å². The first-order valence-corrected chi connectivity index (χ1v) is 20.0. The van der Waals surface area contributed by atoms with Gasteiger partial charge in [-0.3, -0.25) is 0 Å². The predicted octanol–water partition coefficient (Wildman–Crippen LogP) is -0.123.